The van der Waals surface area contributed by atoms with Crippen molar-refractivity contribution in [1.29, 1.82) is 0 Å². The van der Waals surface area contributed by atoms with Gasteiger partial charge in [-0.15, -0.1) is 0 Å². The van der Waals surface area contributed by atoms with Crippen LogP contribution in [0.2, 0.25) is 0 Å². The Balaban J connectivity index is 1.86. The summed E-state index contributed by atoms with van der Waals surface area (Å²) < 4.78 is 25.2. The van der Waals surface area contributed by atoms with Gasteiger partial charge in [0.1, 0.15) is 6.04 Å². The lowest BCUT2D eigenvalue weighted by molar-refractivity contribution is -0.142. The van der Waals surface area contributed by atoms with Crippen LogP contribution < -0.4 is 5.32 Å². The highest BCUT2D eigenvalue weighted by molar-refractivity contribution is 7.91. The third kappa shape index (κ3) is 5.06. The van der Waals surface area contributed by atoms with Crippen molar-refractivity contribution in [3.05, 3.63) is 102 Å². The molecule has 32 heavy (non-hydrogen) atoms. The van der Waals surface area contributed by atoms with Gasteiger partial charge in [0.15, 0.2) is 9.84 Å². The van der Waals surface area contributed by atoms with Crippen LogP contribution in [0.5, 0.6) is 0 Å². The number of nitrogens with one attached hydrogen (secondary N) is 1. The monoisotopic (exact) mass is 451 g/mol. The SMILES string of the molecule is CC(C(=O)N[C@H](CCS(=O)(=O)c1ccccc1)C(=O)O)(c1ccccc1)c1ccccc1. The standard InChI is InChI=1S/C25H25NO5S/c1-25(19-11-5-2-6-12-19,20-13-7-3-8-14-20)24(29)26-22(23(27)28)17-18-32(30,31)21-15-9-4-10-16-21/h2-16,22H,17-18H2,1H3,(H,26,29)(H,27,28)/t22-/m1/s1. The topological polar surface area (TPSA) is 101 Å². The predicted molar refractivity (Wildman–Crippen MR) is 122 cm³/mol. The minimum absolute atomic E-state index is 0.119. The fourth-order valence-corrected chi connectivity index (χ4v) is 4.90. The molecule has 0 aliphatic heterocycles. The van der Waals surface area contributed by atoms with Crippen molar-refractivity contribution in [3.8, 4) is 0 Å². The minimum Gasteiger partial charge on any atom is -0.480 e. The Bertz CT molecular complexity index is 1120. The number of carboxylic acid groups (broad SMARTS) is 1. The van der Waals surface area contributed by atoms with E-state index >= 15 is 0 Å². The summed E-state index contributed by atoms with van der Waals surface area (Å²) in [6.45, 7) is 1.73. The molecule has 3 aromatic rings. The van der Waals surface area contributed by atoms with Crippen molar-refractivity contribution in [1.82, 2.24) is 5.32 Å². The molecule has 7 heteroatoms. The zero-order valence-electron chi connectivity index (χ0n) is 17.6. The van der Waals surface area contributed by atoms with Crippen LogP contribution in [0.3, 0.4) is 0 Å². The Morgan fingerprint density at radius 2 is 1.28 bits per heavy atom. The molecule has 0 heterocycles. The first-order valence-electron chi connectivity index (χ1n) is 10.2. The molecule has 0 bridgehead atoms. The number of benzene rings is 3. The number of sulfone groups is 1. The second-order valence-electron chi connectivity index (χ2n) is 7.64. The van der Waals surface area contributed by atoms with Crippen LogP contribution in [0.25, 0.3) is 0 Å². The van der Waals surface area contributed by atoms with Crippen LogP contribution in [-0.4, -0.2) is 37.2 Å². The highest BCUT2D eigenvalue weighted by Crippen LogP contribution is 2.32. The van der Waals surface area contributed by atoms with Gasteiger partial charge in [0.2, 0.25) is 5.91 Å². The van der Waals surface area contributed by atoms with Gasteiger partial charge in [-0.3, -0.25) is 4.79 Å². The smallest absolute Gasteiger partial charge is 0.326 e. The normalized spacial score (nSPS) is 12.7. The molecule has 6 nitrogen and oxygen atoms in total. The highest BCUT2D eigenvalue weighted by Gasteiger charge is 2.39. The lowest BCUT2D eigenvalue weighted by Gasteiger charge is -2.31. The number of hydrogen-bond acceptors (Lipinski definition) is 4. The van der Waals surface area contributed by atoms with Gasteiger partial charge in [0, 0.05) is 0 Å². The Morgan fingerprint density at radius 1 is 0.844 bits per heavy atom. The van der Waals surface area contributed by atoms with Gasteiger partial charge < -0.3 is 10.4 Å². The van der Waals surface area contributed by atoms with E-state index in [4.69, 9.17) is 0 Å². The van der Waals surface area contributed by atoms with Crippen LogP contribution in [-0.2, 0) is 24.8 Å². The van der Waals surface area contributed by atoms with E-state index < -0.39 is 38.9 Å². The summed E-state index contributed by atoms with van der Waals surface area (Å²) in [5.41, 5.74) is 0.239. The Kier molecular flexibility index (Phi) is 7.10. The first-order valence-corrected chi connectivity index (χ1v) is 11.8. The average molecular weight is 452 g/mol. The van der Waals surface area contributed by atoms with E-state index in [1.165, 1.54) is 12.1 Å². The van der Waals surface area contributed by atoms with Crippen molar-refractivity contribution in [2.45, 2.75) is 29.7 Å². The molecule has 0 unspecified atom stereocenters. The molecule has 0 saturated carbocycles. The summed E-state index contributed by atoms with van der Waals surface area (Å²) in [7, 11) is -3.68. The molecule has 0 aliphatic carbocycles. The fraction of sp³-hybridized carbons (Fsp3) is 0.200. The Morgan fingerprint density at radius 3 is 1.72 bits per heavy atom. The maximum atomic E-state index is 13.5. The number of amides is 1. The Labute approximate surface area is 187 Å². The summed E-state index contributed by atoms with van der Waals surface area (Å²) in [6.07, 6.45) is -0.252. The van der Waals surface area contributed by atoms with Crippen LogP contribution in [0.4, 0.5) is 0 Å². The number of hydrogen-bond donors (Lipinski definition) is 2. The van der Waals surface area contributed by atoms with Crippen molar-refractivity contribution < 1.29 is 23.1 Å². The number of carbonyl (C=O) groups is 2. The van der Waals surface area contributed by atoms with Gasteiger partial charge in [0.25, 0.3) is 0 Å². The van der Waals surface area contributed by atoms with Crippen molar-refractivity contribution in [2.24, 2.45) is 0 Å². The largest absolute Gasteiger partial charge is 0.480 e. The van der Waals surface area contributed by atoms with Gasteiger partial charge in [-0.1, -0.05) is 78.9 Å². The van der Waals surface area contributed by atoms with Crippen molar-refractivity contribution >= 4 is 21.7 Å². The number of carboxylic acids is 1. The summed E-state index contributed by atoms with van der Waals surface area (Å²) in [5, 5.41) is 12.3. The zero-order chi connectivity index (χ0) is 23.2. The maximum Gasteiger partial charge on any atom is 0.326 e. The van der Waals surface area contributed by atoms with Crippen LogP contribution in [0, 0.1) is 0 Å². The minimum atomic E-state index is -3.68. The maximum absolute atomic E-state index is 13.5. The van der Waals surface area contributed by atoms with Gasteiger partial charge in [-0.2, -0.15) is 0 Å². The third-order valence-corrected chi connectivity index (χ3v) is 7.30. The average Bonchev–Trinajstić information content (AvgIpc) is 2.82. The number of carbonyl (C=O) groups excluding carboxylic acids is 1. The molecular formula is C25H25NO5S. The fourth-order valence-electron chi connectivity index (χ4n) is 3.55. The molecule has 0 fully saturated rings. The molecule has 3 aromatic carbocycles. The molecule has 0 aliphatic rings. The number of aliphatic carboxylic acids is 1. The van der Waals surface area contributed by atoms with E-state index in [1.807, 2.05) is 60.7 Å². The lowest BCUT2D eigenvalue weighted by atomic mass is 9.75. The van der Waals surface area contributed by atoms with E-state index in [2.05, 4.69) is 5.32 Å². The summed E-state index contributed by atoms with van der Waals surface area (Å²) in [6, 6.07) is 24.6. The van der Waals surface area contributed by atoms with E-state index in [0.29, 0.717) is 11.1 Å². The molecule has 0 aromatic heterocycles. The molecule has 3 rings (SSSR count). The highest BCUT2D eigenvalue weighted by atomic mass is 32.2. The third-order valence-electron chi connectivity index (χ3n) is 5.54. The van der Waals surface area contributed by atoms with Crippen LogP contribution in [0.15, 0.2) is 95.9 Å². The summed E-state index contributed by atoms with van der Waals surface area (Å²) in [5.74, 6) is -2.20. The van der Waals surface area contributed by atoms with E-state index in [9.17, 15) is 23.1 Å². The van der Waals surface area contributed by atoms with E-state index in [-0.39, 0.29) is 11.3 Å². The van der Waals surface area contributed by atoms with Gasteiger partial charge >= 0.3 is 5.97 Å². The summed E-state index contributed by atoms with van der Waals surface area (Å²) in [4.78, 5) is 25.4. The van der Waals surface area contributed by atoms with Gasteiger partial charge in [-0.05, 0) is 36.6 Å². The Hall–Kier alpha value is -3.45. The van der Waals surface area contributed by atoms with E-state index in [0.717, 1.165) is 0 Å². The van der Waals surface area contributed by atoms with Crippen molar-refractivity contribution in [2.75, 3.05) is 5.75 Å². The van der Waals surface area contributed by atoms with Crippen LogP contribution in [0.1, 0.15) is 24.5 Å². The van der Waals surface area contributed by atoms with E-state index in [1.54, 1.807) is 25.1 Å². The van der Waals surface area contributed by atoms with Crippen LogP contribution >= 0.6 is 0 Å². The molecular weight excluding hydrogens is 426 g/mol. The predicted octanol–water partition coefficient (Wildman–Crippen LogP) is 3.43. The molecule has 166 valence electrons. The molecule has 0 spiro atoms. The molecule has 2 N–H and O–H groups in total. The molecule has 0 saturated heterocycles. The van der Waals surface area contributed by atoms with Gasteiger partial charge in [0.05, 0.1) is 16.1 Å². The first-order chi connectivity index (χ1) is 15.2. The summed E-state index contributed by atoms with van der Waals surface area (Å²) >= 11 is 0. The van der Waals surface area contributed by atoms with Gasteiger partial charge in [-0.25, -0.2) is 13.2 Å². The second kappa shape index (κ2) is 9.78. The quantitative estimate of drug-likeness (QED) is 0.519. The van der Waals surface area contributed by atoms with Crippen molar-refractivity contribution in [3.63, 3.8) is 0 Å². The molecule has 0 radical (unpaired) electrons. The second-order valence-corrected chi connectivity index (χ2v) is 9.75. The first kappa shape index (κ1) is 23.2. The zero-order valence-corrected chi connectivity index (χ0v) is 18.5. The number of rotatable bonds is 9. The lowest BCUT2D eigenvalue weighted by Crippen LogP contribution is -2.50. The molecule has 1 amide bonds. The molecule has 1 atom stereocenters.